The molecule has 17 heavy (non-hydrogen) atoms. The number of alkyl halides is 3. The van der Waals surface area contributed by atoms with E-state index in [0.29, 0.717) is 12.1 Å². The highest BCUT2D eigenvalue weighted by Crippen LogP contribution is 2.30. The maximum Gasteiger partial charge on any atom is 0.416 e. The minimum atomic E-state index is -4.39. The monoisotopic (exact) mass is 240 g/mol. The Kier molecular flexibility index (Phi) is 4.30. The summed E-state index contributed by atoms with van der Waals surface area (Å²) in [6.07, 6.45) is -2.85. The van der Waals surface area contributed by atoms with E-state index in [1.54, 1.807) is 0 Å². The summed E-state index contributed by atoms with van der Waals surface area (Å²) in [4.78, 5) is 0. The summed E-state index contributed by atoms with van der Waals surface area (Å²) >= 11 is 0. The van der Waals surface area contributed by atoms with E-state index < -0.39 is 17.8 Å². The van der Waals surface area contributed by atoms with Gasteiger partial charge >= 0.3 is 6.18 Å². The molecule has 0 amide bonds. The van der Waals surface area contributed by atoms with Crippen molar-refractivity contribution in [3.05, 3.63) is 48.0 Å². The molecule has 5 heteroatoms. The molecule has 0 saturated carbocycles. The van der Waals surface area contributed by atoms with Gasteiger partial charge in [-0.05, 0) is 17.7 Å². The van der Waals surface area contributed by atoms with Crippen LogP contribution in [0.25, 0.3) is 0 Å². The van der Waals surface area contributed by atoms with Gasteiger partial charge in [0.2, 0.25) is 0 Å². The number of rotatable bonds is 4. The van der Waals surface area contributed by atoms with Gasteiger partial charge < -0.3 is 0 Å². The van der Waals surface area contributed by atoms with Crippen LogP contribution >= 0.6 is 0 Å². The van der Waals surface area contributed by atoms with Crippen molar-refractivity contribution in [3.8, 4) is 6.07 Å². The number of hydrogen-bond donors (Lipinski definition) is 1. The van der Waals surface area contributed by atoms with Gasteiger partial charge in [0.25, 0.3) is 0 Å². The van der Waals surface area contributed by atoms with Gasteiger partial charge in [-0.3, -0.25) is 5.32 Å². The lowest BCUT2D eigenvalue weighted by Crippen LogP contribution is -2.20. The molecule has 0 fully saturated rings. The summed E-state index contributed by atoms with van der Waals surface area (Å²) in [5, 5.41) is 11.6. The Morgan fingerprint density at radius 2 is 2.18 bits per heavy atom. The number of nitrogens with one attached hydrogen (secondary N) is 1. The lowest BCUT2D eigenvalue weighted by atomic mass is 10.0. The van der Waals surface area contributed by atoms with Crippen LogP contribution in [0.15, 0.2) is 36.9 Å². The first-order valence-corrected chi connectivity index (χ1v) is 4.90. The Labute approximate surface area is 97.4 Å². The molecular formula is C12H11F3N2. The summed E-state index contributed by atoms with van der Waals surface area (Å²) in [6.45, 7) is 3.82. The summed E-state index contributed by atoms with van der Waals surface area (Å²) < 4.78 is 37.4. The van der Waals surface area contributed by atoms with Crippen LogP contribution in [0.1, 0.15) is 17.2 Å². The van der Waals surface area contributed by atoms with Gasteiger partial charge in [-0.15, -0.1) is 6.58 Å². The van der Waals surface area contributed by atoms with Crippen LogP contribution in [0, 0.1) is 11.3 Å². The van der Waals surface area contributed by atoms with Crippen molar-refractivity contribution in [3.63, 3.8) is 0 Å². The summed E-state index contributed by atoms with van der Waals surface area (Å²) in [6, 6.07) is 5.87. The maximum absolute atomic E-state index is 12.5. The molecule has 0 aliphatic carbocycles. The van der Waals surface area contributed by atoms with Crippen LogP contribution in [0.2, 0.25) is 0 Å². The average Bonchev–Trinajstić information content (AvgIpc) is 2.29. The Hall–Kier alpha value is -1.80. The molecule has 2 nitrogen and oxygen atoms in total. The van der Waals surface area contributed by atoms with Crippen molar-refractivity contribution >= 4 is 0 Å². The molecule has 90 valence electrons. The number of nitrogens with zero attached hydrogens (tertiary/aromatic N) is 1. The van der Waals surface area contributed by atoms with Crippen molar-refractivity contribution in [1.82, 2.24) is 5.32 Å². The van der Waals surface area contributed by atoms with Crippen LogP contribution in [-0.2, 0) is 6.18 Å². The third-order valence-corrected chi connectivity index (χ3v) is 2.14. The Balaban J connectivity index is 2.98. The van der Waals surface area contributed by atoms with Crippen molar-refractivity contribution in [2.45, 2.75) is 12.2 Å². The van der Waals surface area contributed by atoms with Crippen LogP contribution in [-0.4, -0.2) is 6.54 Å². The van der Waals surface area contributed by atoms with Gasteiger partial charge in [0.05, 0.1) is 11.6 Å². The maximum atomic E-state index is 12.5. The van der Waals surface area contributed by atoms with Gasteiger partial charge in [0, 0.05) is 6.54 Å². The molecule has 0 bridgehead atoms. The molecule has 0 aliphatic rings. The minimum Gasteiger partial charge on any atom is -0.295 e. The highest BCUT2D eigenvalue weighted by Gasteiger charge is 2.30. The van der Waals surface area contributed by atoms with E-state index in [1.807, 2.05) is 6.07 Å². The van der Waals surface area contributed by atoms with Crippen molar-refractivity contribution < 1.29 is 13.2 Å². The van der Waals surface area contributed by atoms with E-state index in [1.165, 1.54) is 18.2 Å². The number of halogens is 3. The molecule has 0 aromatic heterocycles. The number of nitriles is 1. The molecule has 1 rings (SSSR count). The van der Waals surface area contributed by atoms with E-state index in [0.717, 1.165) is 12.1 Å². The fraction of sp³-hybridized carbons (Fsp3) is 0.250. The first-order valence-electron chi connectivity index (χ1n) is 4.90. The minimum absolute atomic E-state index is 0.296. The van der Waals surface area contributed by atoms with E-state index in [-0.39, 0.29) is 0 Å². The fourth-order valence-corrected chi connectivity index (χ4v) is 1.33. The summed E-state index contributed by atoms with van der Waals surface area (Å²) in [5.74, 6) is 0. The molecule has 1 N–H and O–H groups in total. The molecule has 1 aromatic carbocycles. The topological polar surface area (TPSA) is 35.8 Å². The zero-order valence-electron chi connectivity index (χ0n) is 8.96. The Morgan fingerprint density at radius 3 is 2.71 bits per heavy atom. The van der Waals surface area contributed by atoms with E-state index >= 15 is 0 Å². The molecular weight excluding hydrogens is 229 g/mol. The van der Waals surface area contributed by atoms with Gasteiger partial charge in [-0.1, -0.05) is 18.2 Å². The molecule has 1 unspecified atom stereocenters. The summed E-state index contributed by atoms with van der Waals surface area (Å²) in [7, 11) is 0. The SMILES string of the molecule is C=CCNC(C#N)c1cccc(C(F)(F)F)c1. The van der Waals surface area contributed by atoms with Gasteiger partial charge in [-0.25, -0.2) is 0 Å². The zero-order valence-corrected chi connectivity index (χ0v) is 8.96. The highest BCUT2D eigenvalue weighted by atomic mass is 19.4. The van der Waals surface area contributed by atoms with Gasteiger partial charge in [0.1, 0.15) is 6.04 Å². The fourth-order valence-electron chi connectivity index (χ4n) is 1.33. The Bertz CT molecular complexity index is 432. The lowest BCUT2D eigenvalue weighted by Gasteiger charge is -2.13. The highest BCUT2D eigenvalue weighted by molar-refractivity contribution is 5.30. The average molecular weight is 240 g/mol. The first-order chi connectivity index (χ1) is 7.99. The van der Waals surface area contributed by atoms with Gasteiger partial charge in [-0.2, -0.15) is 18.4 Å². The predicted molar refractivity (Wildman–Crippen MR) is 58.0 cm³/mol. The second-order valence-corrected chi connectivity index (χ2v) is 3.38. The molecule has 0 spiro atoms. The van der Waals surface area contributed by atoms with Crippen molar-refractivity contribution in [2.24, 2.45) is 0 Å². The standard InChI is InChI=1S/C12H11F3N2/c1-2-6-17-11(8-16)9-4-3-5-10(7-9)12(13,14)15/h2-5,7,11,17H,1,6H2. The third-order valence-electron chi connectivity index (χ3n) is 2.14. The zero-order chi connectivity index (χ0) is 12.9. The molecule has 0 radical (unpaired) electrons. The van der Waals surface area contributed by atoms with Crippen LogP contribution < -0.4 is 5.32 Å². The lowest BCUT2D eigenvalue weighted by molar-refractivity contribution is -0.137. The largest absolute Gasteiger partial charge is 0.416 e. The second kappa shape index (κ2) is 5.51. The van der Waals surface area contributed by atoms with E-state index in [4.69, 9.17) is 5.26 Å². The van der Waals surface area contributed by atoms with E-state index in [2.05, 4.69) is 11.9 Å². The van der Waals surface area contributed by atoms with Crippen molar-refractivity contribution in [2.75, 3.05) is 6.54 Å². The first kappa shape index (κ1) is 13.3. The quantitative estimate of drug-likeness (QED) is 0.821. The number of benzene rings is 1. The summed E-state index contributed by atoms with van der Waals surface area (Å²) in [5.41, 5.74) is -0.458. The van der Waals surface area contributed by atoms with Gasteiger partial charge in [0.15, 0.2) is 0 Å². The van der Waals surface area contributed by atoms with Crippen molar-refractivity contribution in [1.29, 1.82) is 5.26 Å². The van der Waals surface area contributed by atoms with E-state index in [9.17, 15) is 13.2 Å². The van der Waals surface area contributed by atoms with Crippen LogP contribution in [0.4, 0.5) is 13.2 Å². The molecule has 1 atom stereocenters. The smallest absolute Gasteiger partial charge is 0.295 e. The van der Waals surface area contributed by atoms with Crippen LogP contribution in [0.3, 0.4) is 0 Å². The predicted octanol–water partition coefficient (Wildman–Crippen LogP) is 3.05. The Morgan fingerprint density at radius 1 is 1.47 bits per heavy atom. The third kappa shape index (κ3) is 3.61. The normalized spacial score (nSPS) is 12.8. The molecule has 1 aromatic rings. The second-order valence-electron chi connectivity index (χ2n) is 3.38. The number of hydrogen-bond acceptors (Lipinski definition) is 2. The molecule has 0 aliphatic heterocycles. The molecule has 0 saturated heterocycles. The molecule has 0 heterocycles. The van der Waals surface area contributed by atoms with Crippen LogP contribution in [0.5, 0.6) is 0 Å².